The number of thiocarbonyl (C=S) groups is 1. The maximum absolute atomic E-state index is 10.7. The Morgan fingerprint density at radius 3 is 2.33 bits per heavy atom. The lowest BCUT2D eigenvalue weighted by molar-refractivity contribution is 0.371. The third-order valence-corrected chi connectivity index (χ3v) is 2.54. The summed E-state index contributed by atoms with van der Waals surface area (Å²) in [5, 5.41) is 2.93. The fourth-order valence-corrected chi connectivity index (χ4v) is 1.94. The summed E-state index contributed by atoms with van der Waals surface area (Å²) in [5.74, 6) is 0. The second-order valence-electron chi connectivity index (χ2n) is 3.20. The molecule has 0 unspecified atom stereocenters. The van der Waals surface area contributed by atoms with E-state index in [2.05, 4.69) is 5.32 Å². The molecule has 0 amide bonds. The zero-order valence-electron chi connectivity index (χ0n) is 8.17. The third-order valence-electron chi connectivity index (χ3n) is 1.66. The first kappa shape index (κ1) is 12.3. The molecule has 0 fully saturated rings. The number of nitrogens with one attached hydrogen (secondary N) is 1. The van der Waals surface area contributed by atoms with Crippen LogP contribution in [0.4, 0.5) is 5.69 Å². The number of hydrogen-bond acceptors (Lipinski definition) is 2. The van der Waals surface area contributed by atoms with Crippen molar-refractivity contribution in [2.24, 2.45) is 0 Å². The fraction of sp³-hybridized carbons (Fsp3) is 0.222. The molecular weight excluding hydrogens is 233 g/mol. The van der Waals surface area contributed by atoms with Crippen LogP contribution in [0.5, 0.6) is 0 Å². The van der Waals surface area contributed by atoms with Crippen LogP contribution in [0.1, 0.15) is 12.5 Å². The van der Waals surface area contributed by atoms with E-state index in [1.807, 2.05) is 0 Å². The molecule has 0 saturated carbocycles. The smallest absolute Gasteiger partial charge is 0.329 e. The lowest BCUT2D eigenvalue weighted by atomic mass is 10.2. The first-order valence-electron chi connectivity index (χ1n) is 4.28. The van der Waals surface area contributed by atoms with Crippen molar-refractivity contribution >= 4 is 30.5 Å². The highest BCUT2D eigenvalue weighted by Crippen LogP contribution is 2.39. The summed E-state index contributed by atoms with van der Waals surface area (Å²) in [6.45, 7) is 1.76. The van der Waals surface area contributed by atoms with Crippen LogP contribution in [-0.4, -0.2) is 14.8 Å². The van der Waals surface area contributed by atoms with Crippen LogP contribution in [-0.2, 0) is 10.7 Å². The Kier molecular flexibility index (Phi) is 3.99. The molecule has 0 heterocycles. The molecule has 0 aliphatic carbocycles. The largest absolute Gasteiger partial charge is 0.350 e. The van der Waals surface area contributed by atoms with Crippen molar-refractivity contribution in [3.63, 3.8) is 0 Å². The van der Waals surface area contributed by atoms with Gasteiger partial charge < -0.3 is 15.1 Å². The van der Waals surface area contributed by atoms with Crippen molar-refractivity contribution in [3.8, 4) is 0 Å². The van der Waals surface area contributed by atoms with Crippen LogP contribution in [0, 0.1) is 0 Å². The Bertz CT molecular complexity index is 398. The Labute approximate surface area is 93.5 Å². The highest BCUT2D eigenvalue weighted by atomic mass is 32.1. The van der Waals surface area contributed by atoms with Crippen molar-refractivity contribution in [2.75, 3.05) is 5.32 Å². The second-order valence-corrected chi connectivity index (χ2v) is 5.46. The zero-order valence-corrected chi connectivity index (χ0v) is 9.89. The lowest BCUT2D eigenvalue weighted by Gasteiger charge is -2.06. The average Bonchev–Trinajstić information content (AvgIpc) is 2.05. The maximum atomic E-state index is 10.7. The lowest BCUT2D eigenvalue weighted by Crippen LogP contribution is -2.02. The van der Waals surface area contributed by atoms with Crippen molar-refractivity contribution in [2.45, 2.75) is 13.1 Å². The standard InChI is InChI=1S/C9H12NO3PS/c1-7(15)10-9-4-2-8(3-5-9)6-14(11,12)13/h2-5H,6H2,1H3,(H,10,15)(H2,11,12,13). The number of benzene rings is 1. The van der Waals surface area contributed by atoms with Crippen molar-refractivity contribution in [1.29, 1.82) is 0 Å². The van der Waals surface area contributed by atoms with Crippen LogP contribution in [0.25, 0.3) is 0 Å². The van der Waals surface area contributed by atoms with Gasteiger partial charge in [0.25, 0.3) is 0 Å². The predicted molar refractivity (Wildman–Crippen MR) is 64.1 cm³/mol. The third kappa shape index (κ3) is 5.04. The highest BCUT2D eigenvalue weighted by Gasteiger charge is 2.13. The molecule has 1 aromatic rings. The van der Waals surface area contributed by atoms with Gasteiger partial charge in [-0.2, -0.15) is 0 Å². The molecule has 82 valence electrons. The first-order valence-corrected chi connectivity index (χ1v) is 6.48. The predicted octanol–water partition coefficient (Wildman–Crippen LogP) is 2.12. The van der Waals surface area contributed by atoms with E-state index in [9.17, 15) is 4.57 Å². The van der Waals surface area contributed by atoms with Crippen LogP contribution >= 0.6 is 19.8 Å². The summed E-state index contributed by atoms with van der Waals surface area (Å²) in [6, 6.07) is 6.81. The molecule has 0 aliphatic rings. The van der Waals surface area contributed by atoms with Gasteiger partial charge >= 0.3 is 7.60 Å². The summed E-state index contributed by atoms with van der Waals surface area (Å²) in [4.78, 5) is 18.2. The van der Waals surface area contributed by atoms with E-state index in [0.29, 0.717) is 10.6 Å². The summed E-state index contributed by atoms with van der Waals surface area (Å²) in [6.07, 6.45) is -0.232. The molecule has 0 atom stereocenters. The van der Waals surface area contributed by atoms with Crippen molar-refractivity contribution in [1.82, 2.24) is 0 Å². The van der Waals surface area contributed by atoms with Gasteiger partial charge in [-0.25, -0.2) is 0 Å². The van der Waals surface area contributed by atoms with Crippen LogP contribution < -0.4 is 5.32 Å². The summed E-state index contributed by atoms with van der Waals surface area (Å²) in [7, 11) is -3.98. The van der Waals surface area contributed by atoms with Crippen LogP contribution in [0.3, 0.4) is 0 Å². The van der Waals surface area contributed by atoms with Gasteiger partial charge in [0.2, 0.25) is 0 Å². The molecule has 0 spiro atoms. The molecule has 3 N–H and O–H groups in total. The molecule has 1 aromatic carbocycles. The van der Waals surface area contributed by atoms with Crippen molar-refractivity contribution < 1.29 is 14.4 Å². The SMILES string of the molecule is CC(=S)Nc1ccc(CP(=O)(O)O)cc1. The molecule has 0 saturated heterocycles. The van der Waals surface area contributed by atoms with E-state index in [-0.39, 0.29) is 6.16 Å². The molecule has 15 heavy (non-hydrogen) atoms. The van der Waals surface area contributed by atoms with E-state index >= 15 is 0 Å². The molecule has 4 nitrogen and oxygen atoms in total. The Morgan fingerprint density at radius 1 is 1.40 bits per heavy atom. The van der Waals surface area contributed by atoms with E-state index < -0.39 is 7.60 Å². The van der Waals surface area contributed by atoms with E-state index in [1.54, 1.807) is 31.2 Å². The Morgan fingerprint density at radius 2 is 1.93 bits per heavy atom. The van der Waals surface area contributed by atoms with Gasteiger partial charge in [-0.15, -0.1) is 0 Å². The quantitative estimate of drug-likeness (QED) is 0.562. The molecule has 0 aliphatic heterocycles. The van der Waals surface area contributed by atoms with Gasteiger partial charge in [0.05, 0.1) is 11.2 Å². The molecule has 1 rings (SSSR count). The Hall–Kier alpha value is -0.740. The zero-order chi connectivity index (χ0) is 11.5. The van der Waals surface area contributed by atoms with Gasteiger partial charge in [-0.05, 0) is 24.6 Å². The summed E-state index contributed by atoms with van der Waals surface area (Å²) >= 11 is 4.86. The molecule has 0 aromatic heterocycles. The van der Waals surface area contributed by atoms with Crippen molar-refractivity contribution in [3.05, 3.63) is 29.8 Å². The van der Waals surface area contributed by atoms with Gasteiger partial charge in [0.1, 0.15) is 0 Å². The number of anilines is 1. The second kappa shape index (κ2) is 4.86. The Balaban J connectivity index is 2.72. The molecule has 0 radical (unpaired) electrons. The maximum Gasteiger partial charge on any atom is 0.329 e. The molecule has 0 bridgehead atoms. The summed E-state index contributed by atoms with van der Waals surface area (Å²) in [5.41, 5.74) is 1.42. The minimum absolute atomic E-state index is 0.232. The van der Waals surface area contributed by atoms with Crippen LogP contribution in [0.2, 0.25) is 0 Å². The van der Waals surface area contributed by atoms with E-state index in [0.717, 1.165) is 5.69 Å². The van der Waals surface area contributed by atoms with Gasteiger partial charge in [0.15, 0.2) is 0 Å². The summed E-state index contributed by atoms with van der Waals surface area (Å²) < 4.78 is 10.7. The highest BCUT2D eigenvalue weighted by molar-refractivity contribution is 7.80. The number of rotatable bonds is 3. The van der Waals surface area contributed by atoms with Gasteiger partial charge in [0, 0.05) is 5.69 Å². The van der Waals surface area contributed by atoms with E-state index in [1.165, 1.54) is 0 Å². The van der Waals surface area contributed by atoms with Gasteiger partial charge in [-0.3, -0.25) is 4.57 Å². The normalized spacial score (nSPS) is 11.1. The molecule has 6 heteroatoms. The topological polar surface area (TPSA) is 69.6 Å². The average molecular weight is 245 g/mol. The molecular formula is C9H12NO3PS. The fourth-order valence-electron chi connectivity index (χ4n) is 1.13. The monoisotopic (exact) mass is 245 g/mol. The number of hydrogen-bond donors (Lipinski definition) is 3. The van der Waals surface area contributed by atoms with Crippen LogP contribution in [0.15, 0.2) is 24.3 Å². The minimum Gasteiger partial charge on any atom is -0.350 e. The van der Waals surface area contributed by atoms with Gasteiger partial charge in [-0.1, -0.05) is 24.4 Å². The first-order chi connectivity index (χ1) is 6.87. The minimum atomic E-state index is -3.98. The van der Waals surface area contributed by atoms with E-state index in [4.69, 9.17) is 22.0 Å².